The largest absolute Gasteiger partial charge is 0.393 e. The number of rotatable bonds is 4. The lowest BCUT2D eigenvalue weighted by Gasteiger charge is -2.33. The van der Waals surface area contributed by atoms with E-state index in [0.29, 0.717) is 12.8 Å². The van der Waals surface area contributed by atoms with E-state index < -0.39 is 12.1 Å². The third-order valence-electron chi connectivity index (χ3n) is 2.87. The molecule has 0 bridgehead atoms. The van der Waals surface area contributed by atoms with E-state index in [1.54, 1.807) is 0 Å². The Hall–Kier alpha value is -0.290. The molecular formula is C10H19F3N2. The second-order valence-corrected chi connectivity index (χ2v) is 4.14. The lowest BCUT2D eigenvalue weighted by molar-refractivity contribution is -0.186. The number of likely N-dealkylation sites (tertiary alicyclic amines) is 1. The summed E-state index contributed by atoms with van der Waals surface area (Å²) in [4.78, 5) is 1.93. The van der Waals surface area contributed by atoms with E-state index >= 15 is 0 Å². The van der Waals surface area contributed by atoms with Crippen LogP contribution in [0.25, 0.3) is 0 Å². The van der Waals surface area contributed by atoms with Gasteiger partial charge in [0.2, 0.25) is 0 Å². The minimum Gasteiger partial charge on any atom is -0.320 e. The smallest absolute Gasteiger partial charge is 0.320 e. The zero-order chi connectivity index (χ0) is 11.3. The first-order chi connectivity index (χ1) is 7.04. The second kappa shape index (κ2) is 5.70. The van der Waals surface area contributed by atoms with Gasteiger partial charge < -0.3 is 10.2 Å². The molecule has 1 unspecified atom stereocenters. The van der Waals surface area contributed by atoms with E-state index in [0.717, 1.165) is 26.1 Å². The molecule has 0 aromatic rings. The lowest BCUT2D eigenvalue weighted by atomic mass is 9.97. The molecule has 1 atom stereocenters. The Morgan fingerprint density at radius 3 is 2.73 bits per heavy atom. The van der Waals surface area contributed by atoms with Crippen LogP contribution in [-0.4, -0.2) is 44.3 Å². The fraction of sp³-hybridized carbons (Fsp3) is 1.00. The van der Waals surface area contributed by atoms with Gasteiger partial charge in [-0.3, -0.25) is 0 Å². The van der Waals surface area contributed by atoms with Crippen LogP contribution in [0.5, 0.6) is 0 Å². The van der Waals surface area contributed by atoms with Gasteiger partial charge in [-0.1, -0.05) is 0 Å². The molecular weight excluding hydrogens is 205 g/mol. The summed E-state index contributed by atoms with van der Waals surface area (Å²) < 4.78 is 37.4. The van der Waals surface area contributed by atoms with Crippen molar-refractivity contribution in [1.29, 1.82) is 0 Å². The van der Waals surface area contributed by atoms with Gasteiger partial charge >= 0.3 is 6.18 Å². The number of alkyl halides is 3. The Morgan fingerprint density at radius 2 is 2.13 bits per heavy atom. The molecule has 1 aliphatic rings. The third-order valence-corrected chi connectivity index (χ3v) is 2.87. The topological polar surface area (TPSA) is 15.3 Å². The molecule has 1 saturated heterocycles. The normalized spacial score (nSPS) is 24.4. The van der Waals surface area contributed by atoms with Gasteiger partial charge in [-0.25, -0.2) is 0 Å². The minimum absolute atomic E-state index is 0.188. The monoisotopic (exact) mass is 224 g/mol. The fourth-order valence-electron chi connectivity index (χ4n) is 2.01. The summed E-state index contributed by atoms with van der Waals surface area (Å²) >= 11 is 0. The summed E-state index contributed by atoms with van der Waals surface area (Å²) in [5.74, 6) is -1.11. The van der Waals surface area contributed by atoms with Crippen molar-refractivity contribution in [2.45, 2.75) is 25.4 Å². The Balaban J connectivity index is 2.29. The van der Waals surface area contributed by atoms with Crippen molar-refractivity contribution in [3.8, 4) is 0 Å². The quantitative estimate of drug-likeness (QED) is 0.733. The van der Waals surface area contributed by atoms with Gasteiger partial charge in [0.1, 0.15) is 0 Å². The molecule has 1 fully saturated rings. The van der Waals surface area contributed by atoms with Gasteiger partial charge in [0, 0.05) is 6.54 Å². The molecule has 0 aliphatic carbocycles. The average Bonchev–Trinajstić information content (AvgIpc) is 2.17. The van der Waals surface area contributed by atoms with Crippen LogP contribution < -0.4 is 5.32 Å². The lowest BCUT2D eigenvalue weighted by Crippen LogP contribution is -2.42. The third kappa shape index (κ3) is 4.38. The summed E-state index contributed by atoms with van der Waals surface area (Å²) in [6, 6.07) is 0. The first-order valence-corrected chi connectivity index (χ1v) is 5.47. The van der Waals surface area contributed by atoms with E-state index in [2.05, 4.69) is 5.32 Å². The summed E-state index contributed by atoms with van der Waals surface area (Å²) in [5.41, 5.74) is 0. The molecule has 1 heterocycles. The number of piperidine rings is 1. The highest BCUT2D eigenvalue weighted by atomic mass is 19.4. The van der Waals surface area contributed by atoms with E-state index in [1.165, 1.54) is 0 Å². The molecule has 0 amide bonds. The van der Waals surface area contributed by atoms with Crippen molar-refractivity contribution in [1.82, 2.24) is 10.2 Å². The Kier molecular flexibility index (Phi) is 4.86. The number of nitrogens with zero attached hydrogens (tertiary/aromatic N) is 1. The minimum atomic E-state index is -4.01. The number of hydrogen-bond donors (Lipinski definition) is 1. The highest BCUT2D eigenvalue weighted by molar-refractivity contribution is 4.77. The first kappa shape index (κ1) is 12.8. The average molecular weight is 224 g/mol. The molecule has 0 aromatic carbocycles. The molecule has 1 aliphatic heterocycles. The van der Waals surface area contributed by atoms with Gasteiger partial charge in [0.05, 0.1) is 5.92 Å². The van der Waals surface area contributed by atoms with Crippen molar-refractivity contribution in [2.24, 2.45) is 5.92 Å². The molecule has 1 rings (SSSR count). The predicted octanol–water partition coefficient (Wildman–Crippen LogP) is 1.87. The van der Waals surface area contributed by atoms with E-state index in [4.69, 9.17) is 0 Å². The van der Waals surface area contributed by atoms with Crippen LogP contribution in [0.4, 0.5) is 13.2 Å². The van der Waals surface area contributed by atoms with E-state index in [9.17, 15) is 13.2 Å². The van der Waals surface area contributed by atoms with Crippen molar-refractivity contribution in [3.05, 3.63) is 0 Å². The van der Waals surface area contributed by atoms with Gasteiger partial charge in [0.15, 0.2) is 0 Å². The molecule has 0 spiro atoms. The Morgan fingerprint density at radius 1 is 1.40 bits per heavy atom. The molecule has 2 nitrogen and oxygen atoms in total. The molecule has 0 radical (unpaired) electrons. The van der Waals surface area contributed by atoms with Crippen molar-refractivity contribution in [3.63, 3.8) is 0 Å². The van der Waals surface area contributed by atoms with Gasteiger partial charge in [-0.05, 0) is 45.9 Å². The highest BCUT2D eigenvalue weighted by Gasteiger charge is 2.41. The molecule has 1 N–H and O–H groups in total. The first-order valence-electron chi connectivity index (χ1n) is 5.47. The molecule has 15 heavy (non-hydrogen) atoms. The molecule has 0 aromatic heterocycles. The summed E-state index contributed by atoms with van der Waals surface area (Å²) in [6.07, 6.45) is -2.13. The van der Waals surface area contributed by atoms with E-state index in [1.807, 2.05) is 11.9 Å². The van der Waals surface area contributed by atoms with Crippen LogP contribution in [0.3, 0.4) is 0 Å². The maximum absolute atomic E-state index is 12.5. The van der Waals surface area contributed by atoms with Crippen molar-refractivity contribution >= 4 is 0 Å². The van der Waals surface area contributed by atoms with Gasteiger partial charge in [0.25, 0.3) is 0 Å². The van der Waals surface area contributed by atoms with Crippen molar-refractivity contribution < 1.29 is 13.2 Å². The maximum atomic E-state index is 12.5. The van der Waals surface area contributed by atoms with Crippen molar-refractivity contribution in [2.75, 3.05) is 33.2 Å². The zero-order valence-electron chi connectivity index (χ0n) is 9.11. The Labute approximate surface area is 88.8 Å². The SMILES string of the molecule is CNCCCN1CCCC(C(F)(F)F)C1. The highest BCUT2D eigenvalue weighted by Crippen LogP contribution is 2.32. The molecule has 0 saturated carbocycles. The summed E-state index contributed by atoms with van der Waals surface area (Å²) in [5, 5.41) is 3.00. The fourth-order valence-corrected chi connectivity index (χ4v) is 2.01. The second-order valence-electron chi connectivity index (χ2n) is 4.14. The zero-order valence-corrected chi connectivity index (χ0v) is 9.11. The number of halogens is 3. The van der Waals surface area contributed by atoms with Crippen LogP contribution in [-0.2, 0) is 0 Å². The standard InChI is InChI=1S/C10H19F3N2/c1-14-5-3-7-15-6-2-4-9(8-15)10(11,12)13/h9,14H,2-8H2,1H3. The van der Waals surface area contributed by atoms with Crippen LogP contribution in [0.2, 0.25) is 0 Å². The van der Waals surface area contributed by atoms with Crippen LogP contribution >= 0.6 is 0 Å². The van der Waals surface area contributed by atoms with Crippen LogP contribution in [0.1, 0.15) is 19.3 Å². The molecule has 90 valence electrons. The number of hydrogen-bond acceptors (Lipinski definition) is 2. The summed E-state index contributed by atoms with van der Waals surface area (Å²) in [6.45, 7) is 2.64. The van der Waals surface area contributed by atoms with Crippen LogP contribution in [0.15, 0.2) is 0 Å². The predicted molar refractivity (Wildman–Crippen MR) is 53.8 cm³/mol. The summed E-state index contributed by atoms with van der Waals surface area (Å²) in [7, 11) is 1.86. The number of nitrogens with one attached hydrogen (secondary N) is 1. The van der Waals surface area contributed by atoms with Gasteiger partial charge in [-0.15, -0.1) is 0 Å². The van der Waals surface area contributed by atoms with Gasteiger partial charge in [-0.2, -0.15) is 13.2 Å². The molecule has 5 heteroatoms. The maximum Gasteiger partial charge on any atom is 0.393 e. The van der Waals surface area contributed by atoms with Crippen LogP contribution in [0, 0.1) is 5.92 Å². The Bertz CT molecular complexity index is 182. The van der Waals surface area contributed by atoms with E-state index in [-0.39, 0.29) is 6.54 Å².